The number of nitrogens with zero attached hydrogens (tertiary/aromatic N) is 4. The third kappa shape index (κ3) is 2.43. The first kappa shape index (κ1) is 11.7. The molecule has 5 nitrogen and oxygen atoms in total. The second kappa shape index (κ2) is 5.11. The number of pyridine rings is 2. The van der Waals surface area contributed by atoms with Crippen molar-refractivity contribution in [2.75, 3.05) is 0 Å². The van der Waals surface area contributed by atoms with Crippen molar-refractivity contribution in [3.8, 4) is 11.4 Å². The predicted octanol–water partition coefficient (Wildman–Crippen LogP) is 2.45. The minimum atomic E-state index is 0.581. The SMILES string of the molecule is S=c1[nH]nc(-c2ccncc2)n1Cc1ccccn1. The van der Waals surface area contributed by atoms with Crippen molar-refractivity contribution in [1.82, 2.24) is 24.7 Å². The molecule has 1 N–H and O–H groups in total. The summed E-state index contributed by atoms with van der Waals surface area (Å²) in [6, 6.07) is 9.62. The minimum Gasteiger partial charge on any atom is -0.294 e. The summed E-state index contributed by atoms with van der Waals surface area (Å²) in [5, 5.41) is 7.10. The molecule has 0 amide bonds. The molecule has 19 heavy (non-hydrogen) atoms. The van der Waals surface area contributed by atoms with Crippen LogP contribution in [0, 0.1) is 4.77 Å². The van der Waals surface area contributed by atoms with Gasteiger partial charge in [-0.15, -0.1) is 0 Å². The van der Waals surface area contributed by atoms with Crippen molar-refractivity contribution in [3.63, 3.8) is 0 Å². The molecule has 3 aromatic heterocycles. The van der Waals surface area contributed by atoms with E-state index in [2.05, 4.69) is 20.2 Å². The molecule has 0 aromatic carbocycles. The van der Waals surface area contributed by atoms with Crippen molar-refractivity contribution >= 4 is 12.2 Å². The summed E-state index contributed by atoms with van der Waals surface area (Å²) in [5.41, 5.74) is 1.91. The molecule has 0 radical (unpaired) electrons. The second-order valence-electron chi connectivity index (χ2n) is 4.00. The third-order valence-corrected chi connectivity index (χ3v) is 3.05. The quantitative estimate of drug-likeness (QED) is 0.742. The number of hydrogen-bond acceptors (Lipinski definition) is 4. The van der Waals surface area contributed by atoms with E-state index >= 15 is 0 Å². The Morgan fingerprint density at radius 3 is 2.68 bits per heavy atom. The zero-order valence-electron chi connectivity index (χ0n) is 10.0. The molecule has 0 saturated carbocycles. The van der Waals surface area contributed by atoms with E-state index < -0.39 is 0 Å². The Labute approximate surface area is 115 Å². The molecule has 0 saturated heterocycles. The van der Waals surface area contributed by atoms with Gasteiger partial charge >= 0.3 is 0 Å². The molecule has 3 heterocycles. The Bertz CT molecular complexity index is 718. The summed E-state index contributed by atoms with van der Waals surface area (Å²) in [4.78, 5) is 8.31. The lowest BCUT2D eigenvalue weighted by molar-refractivity contribution is 0.767. The second-order valence-corrected chi connectivity index (χ2v) is 4.38. The summed E-state index contributed by atoms with van der Waals surface area (Å²) in [6.07, 6.45) is 5.24. The number of H-pyrrole nitrogens is 1. The molecular weight excluding hydrogens is 258 g/mol. The lowest BCUT2D eigenvalue weighted by atomic mass is 10.2. The Morgan fingerprint density at radius 1 is 1.11 bits per heavy atom. The topological polar surface area (TPSA) is 59.4 Å². The standard InChI is InChI=1S/C13H11N5S/c19-13-17-16-12(10-4-7-14-8-5-10)18(13)9-11-3-1-2-6-15-11/h1-8H,9H2,(H,17,19). The van der Waals surface area contributed by atoms with E-state index in [0.29, 0.717) is 11.3 Å². The van der Waals surface area contributed by atoms with Gasteiger partial charge in [0, 0.05) is 24.2 Å². The fraction of sp³-hybridized carbons (Fsp3) is 0.0769. The van der Waals surface area contributed by atoms with Gasteiger partial charge < -0.3 is 0 Å². The molecule has 6 heteroatoms. The van der Waals surface area contributed by atoms with Crippen LogP contribution in [0.1, 0.15) is 5.69 Å². The zero-order valence-corrected chi connectivity index (χ0v) is 10.8. The lowest BCUT2D eigenvalue weighted by Gasteiger charge is -2.06. The number of hydrogen-bond donors (Lipinski definition) is 1. The van der Waals surface area contributed by atoms with Crippen LogP contribution in [0.3, 0.4) is 0 Å². The summed E-state index contributed by atoms with van der Waals surface area (Å²) < 4.78 is 2.50. The highest BCUT2D eigenvalue weighted by atomic mass is 32.1. The molecule has 94 valence electrons. The van der Waals surface area contributed by atoms with Crippen molar-refractivity contribution in [3.05, 3.63) is 59.4 Å². The largest absolute Gasteiger partial charge is 0.294 e. The summed E-state index contributed by atoms with van der Waals surface area (Å²) >= 11 is 5.27. The van der Waals surface area contributed by atoms with E-state index in [1.807, 2.05) is 34.9 Å². The fourth-order valence-electron chi connectivity index (χ4n) is 1.84. The maximum absolute atomic E-state index is 5.27. The predicted molar refractivity (Wildman–Crippen MR) is 74.0 cm³/mol. The molecule has 0 aliphatic carbocycles. The Hall–Kier alpha value is -2.34. The Morgan fingerprint density at radius 2 is 1.95 bits per heavy atom. The summed E-state index contributed by atoms with van der Waals surface area (Å²) in [6.45, 7) is 0.591. The van der Waals surface area contributed by atoms with Crippen LogP contribution in [-0.2, 0) is 6.54 Å². The molecule has 0 fully saturated rings. The van der Waals surface area contributed by atoms with Crippen molar-refractivity contribution in [1.29, 1.82) is 0 Å². The van der Waals surface area contributed by atoms with E-state index in [4.69, 9.17) is 12.2 Å². The van der Waals surface area contributed by atoms with Gasteiger partial charge in [0.05, 0.1) is 12.2 Å². The van der Waals surface area contributed by atoms with E-state index in [9.17, 15) is 0 Å². The van der Waals surface area contributed by atoms with Gasteiger partial charge in [-0.05, 0) is 36.5 Å². The maximum Gasteiger partial charge on any atom is 0.195 e. The summed E-state index contributed by atoms with van der Waals surface area (Å²) in [5.74, 6) is 0.790. The smallest absolute Gasteiger partial charge is 0.195 e. The average molecular weight is 269 g/mol. The molecule has 3 aromatic rings. The first-order valence-corrected chi connectivity index (χ1v) is 6.21. The van der Waals surface area contributed by atoms with Gasteiger partial charge in [0.15, 0.2) is 10.6 Å². The van der Waals surface area contributed by atoms with Crippen LogP contribution in [0.15, 0.2) is 48.9 Å². The monoisotopic (exact) mass is 269 g/mol. The van der Waals surface area contributed by atoms with E-state index in [1.165, 1.54) is 0 Å². The van der Waals surface area contributed by atoms with Gasteiger partial charge in [0.25, 0.3) is 0 Å². The molecule has 0 aliphatic heterocycles. The molecule has 0 unspecified atom stereocenters. The Balaban J connectivity index is 2.03. The van der Waals surface area contributed by atoms with Gasteiger partial charge in [0.2, 0.25) is 0 Å². The number of nitrogens with one attached hydrogen (secondary N) is 1. The first-order chi connectivity index (χ1) is 9.34. The number of aromatic nitrogens is 5. The van der Waals surface area contributed by atoms with Crippen LogP contribution in [0.2, 0.25) is 0 Å². The van der Waals surface area contributed by atoms with Crippen LogP contribution in [-0.4, -0.2) is 24.7 Å². The van der Waals surface area contributed by atoms with Crippen molar-refractivity contribution in [2.45, 2.75) is 6.54 Å². The first-order valence-electron chi connectivity index (χ1n) is 5.80. The van der Waals surface area contributed by atoms with Gasteiger partial charge in [-0.1, -0.05) is 6.07 Å². The van der Waals surface area contributed by atoms with Crippen molar-refractivity contribution < 1.29 is 0 Å². The van der Waals surface area contributed by atoms with Crippen LogP contribution in [0.5, 0.6) is 0 Å². The highest BCUT2D eigenvalue weighted by Gasteiger charge is 2.09. The average Bonchev–Trinajstić information content (AvgIpc) is 2.82. The molecule has 0 aliphatic rings. The number of aromatic amines is 1. The van der Waals surface area contributed by atoms with Crippen LogP contribution in [0.4, 0.5) is 0 Å². The van der Waals surface area contributed by atoms with Crippen molar-refractivity contribution in [2.24, 2.45) is 0 Å². The van der Waals surface area contributed by atoms with Gasteiger partial charge in [0.1, 0.15) is 0 Å². The molecule has 0 atom stereocenters. The maximum atomic E-state index is 5.27. The van der Waals surface area contributed by atoms with Gasteiger partial charge in [-0.3, -0.25) is 19.6 Å². The lowest BCUT2D eigenvalue weighted by Crippen LogP contribution is -2.03. The zero-order chi connectivity index (χ0) is 13.1. The normalized spacial score (nSPS) is 10.5. The van der Waals surface area contributed by atoms with Gasteiger partial charge in [-0.25, -0.2) is 0 Å². The minimum absolute atomic E-state index is 0.581. The van der Waals surface area contributed by atoms with Crippen LogP contribution < -0.4 is 0 Å². The van der Waals surface area contributed by atoms with Gasteiger partial charge in [-0.2, -0.15) is 5.10 Å². The molecule has 3 rings (SSSR count). The Kier molecular flexibility index (Phi) is 3.16. The molecule has 0 bridgehead atoms. The fourth-order valence-corrected chi connectivity index (χ4v) is 2.04. The third-order valence-electron chi connectivity index (χ3n) is 2.74. The number of rotatable bonds is 3. The molecule has 0 spiro atoms. The highest BCUT2D eigenvalue weighted by Crippen LogP contribution is 2.16. The highest BCUT2D eigenvalue weighted by molar-refractivity contribution is 7.71. The van der Waals surface area contributed by atoms with E-state index in [1.54, 1.807) is 18.6 Å². The van der Waals surface area contributed by atoms with Crippen LogP contribution >= 0.6 is 12.2 Å². The molecular formula is C13H11N5S. The van der Waals surface area contributed by atoms with E-state index in [-0.39, 0.29) is 0 Å². The summed E-state index contributed by atoms with van der Waals surface area (Å²) in [7, 11) is 0. The van der Waals surface area contributed by atoms with Crippen LogP contribution in [0.25, 0.3) is 11.4 Å². The van der Waals surface area contributed by atoms with E-state index in [0.717, 1.165) is 17.1 Å².